The van der Waals surface area contributed by atoms with Gasteiger partial charge in [0.1, 0.15) is 6.10 Å². The summed E-state index contributed by atoms with van der Waals surface area (Å²) in [7, 11) is 1.12. The summed E-state index contributed by atoms with van der Waals surface area (Å²) in [6.45, 7) is 7.19. The molecule has 1 amide bonds. The molecule has 226 valence electrons. The van der Waals surface area contributed by atoms with Crippen molar-refractivity contribution in [3.63, 3.8) is 0 Å². The number of ether oxygens (including phenoxy) is 2. The fraction of sp³-hybridized carbons (Fsp3) is 0.355. The van der Waals surface area contributed by atoms with E-state index < -0.39 is 40.8 Å². The van der Waals surface area contributed by atoms with Crippen LogP contribution in [0, 0.1) is 15.5 Å². The Hall–Kier alpha value is -4.32. The highest BCUT2D eigenvalue weighted by Crippen LogP contribution is 2.47. The first-order valence-electron chi connectivity index (χ1n) is 13.6. The van der Waals surface area contributed by atoms with Gasteiger partial charge in [-0.1, -0.05) is 48.0 Å². The number of nitrogens with zero attached hydrogens (tertiary/aromatic N) is 1. The van der Waals surface area contributed by atoms with Gasteiger partial charge in [0.2, 0.25) is 0 Å². The number of carbonyl (C=O) groups excluding carboxylic acids is 4. The minimum absolute atomic E-state index is 0.0647. The second-order valence-corrected chi connectivity index (χ2v) is 12.3. The molecule has 0 aromatic heterocycles. The highest BCUT2D eigenvalue weighted by molar-refractivity contribution is 9.10. The number of non-ortho nitro benzene ring substituents is 1. The number of esters is 2. The smallest absolute Gasteiger partial charge is 0.337 e. The molecular formula is C31H32BrN3O8. The molecule has 2 aromatic carbocycles. The minimum Gasteiger partial charge on any atom is -0.467 e. The Morgan fingerprint density at radius 2 is 1.81 bits per heavy atom. The van der Waals surface area contributed by atoms with E-state index >= 15 is 0 Å². The number of hydrogen-bond acceptors (Lipinski definition) is 9. The van der Waals surface area contributed by atoms with Crippen LogP contribution >= 0.6 is 15.9 Å². The van der Waals surface area contributed by atoms with Gasteiger partial charge < -0.3 is 20.1 Å². The number of nitro benzene ring substituents is 1. The number of rotatable bonds is 8. The van der Waals surface area contributed by atoms with E-state index in [0.29, 0.717) is 29.7 Å². The normalized spacial score (nSPS) is 19.0. The van der Waals surface area contributed by atoms with Crippen LogP contribution in [0.3, 0.4) is 0 Å². The van der Waals surface area contributed by atoms with E-state index in [0.717, 1.165) is 23.3 Å². The second-order valence-electron chi connectivity index (χ2n) is 11.4. The van der Waals surface area contributed by atoms with Gasteiger partial charge in [-0.2, -0.15) is 0 Å². The molecule has 0 bridgehead atoms. The molecule has 2 N–H and O–H groups in total. The molecule has 4 rings (SSSR count). The van der Waals surface area contributed by atoms with Gasteiger partial charge in [-0.15, -0.1) is 0 Å². The molecule has 1 heterocycles. The lowest BCUT2D eigenvalue weighted by Gasteiger charge is -2.39. The van der Waals surface area contributed by atoms with Gasteiger partial charge in [0, 0.05) is 51.5 Å². The molecule has 0 spiro atoms. The number of hydrogen-bond donors (Lipinski definition) is 2. The maximum Gasteiger partial charge on any atom is 0.337 e. The Balaban J connectivity index is 1.65. The molecule has 0 radical (unpaired) electrons. The molecule has 0 saturated heterocycles. The van der Waals surface area contributed by atoms with Crippen LogP contribution in [0.4, 0.5) is 5.69 Å². The summed E-state index contributed by atoms with van der Waals surface area (Å²) in [6, 6.07) is 10.9. The first-order valence-corrected chi connectivity index (χ1v) is 14.4. The molecule has 43 heavy (non-hydrogen) atoms. The summed E-state index contributed by atoms with van der Waals surface area (Å²) in [4.78, 5) is 63.6. The third kappa shape index (κ3) is 6.85. The number of dihydropyridines is 1. The van der Waals surface area contributed by atoms with Crippen LogP contribution in [0.5, 0.6) is 0 Å². The maximum atomic E-state index is 13.9. The summed E-state index contributed by atoms with van der Waals surface area (Å²) >= 11 is 3.43. The first kappa shape index (κ1) is 31.6. The predicted molar refractivity (Wildman–Crippen MR) is 160 cm³/mol. The van der Waals surface area contributed by atoms with E-state index in [4.69, 9.17) is 9.47 Å². The second kappa shape index (κ2) is 12.5. The number of allylic oxidation sites excluding steroid dienone is 3. The molecule has 0 unspecified atom stereocenters. The quantitative estimate of drug-likeness (QED) is 0.231. The largest absolute Gasteiger partial charge is 0.467 e. The van der Waals surface area contributed by atoms with Crippen LogP contribution in [-0.2, 0) is 23.9 Å². The Bertz CT molecular complexity index is 1560. The molecule has 2 aromatic rings. The van der Waals surface area contributed by atoms with Gasteiger partial charge >= 0.3 is 11.9 Å². The van der Waals surface area contributed by atoms with E-state index in [-0.39, 0.29) is 28.0 Å². The lowest BCUT2D eigenvalue weighted by molar-refractivity contribution is -0.384. The third-order valence-electron chi connectivity index (χ3n) is 7.49. The summed E-state index contributed by atoms with van der Waals surface area (Å²) < 4.78 is 11.5. The lowest BCUT2D eigenvalue weighted by atomic mass is 9.68. The van der Waals surface area contributed by atoms with Crippen molar-refractivity contribution in [2.45, 2.75) is 58.6 Å². The van der Waals surface area contributed by atoms with Gasteiger partial charge in [-0.05, 0) is 49.4 Å². The van der Waals surface area contributed by atoms with Gasteiger partial charge in [0.25, 0.3) is 11.6 Å². The van der Waals surface area contributed by atoms with E-state index in [1.165, 1.54) is 25.1 Å². The molecule has 11 nitrogen and oxygen atoms in total. The Kier molecular flexibility index (Phi) is 9.19. The topological polar surface area (TPSA) is 154 Å². The lowest BCUT2D eigenvalue weighted by Crippen LogP contribution is -2.50. The monoisotopic (exact) mass is 653 g/mol. The van der Waals surface area contributed by atoms with Crippen molar-refractivity contribution >= 4 is 45.2 Å². The summed E-state index contributed by atoms with van der Waals surface area (Å²) in [5.74, 6) is -3.26. The Morgan fingerprint density at radius 1 is 1.14 bits per heavy atom. The summed E-state index contributed by atoms with van der Waals surface area (Å²) in [6.07, 6.45) is -0.289. The van der Waals surface area contributed by atoms with Crippen molar-refractivity contribution in [2.75, 3.05) is 7.11 Å². The molecule has 12 heteroatoms. The molecule has 3 atom stereocenters. The Morgan fingerprint density at radius 3 is 2.44 bits per heavy atom. The maximum absolute atomic E-state index is 13.9. The number of Topliss-reactive ketones (excluding diaryl/α,β-unsaturated/α-hetero) is 1. The molecule has 1 aliphatic carbocycles. The van der Waals surface area contributed by atoms with Gasteiger partial charge in [0.15, 0.2) is 11.8 Å². The van der Waals surface area contributed by atoms with Crippen molar-refractivity contribution in [3.05, 3.63) is 96.8 Å². The van der Waals surface area contributed by atoms with Crippen LogP contribution in [0.1, 0.15) is 62.4 Å². The number of halogens is 1. The van der Waals surface area contributed by atoms with E-state index in [2.05, 4.69) is 26.6 Å². The molecular weight excluding hydrogens is 622 g/mol. The molecule has 0 fully saturated rings. The highest BCUT2D eigenvalue weighted by Gasteiger charge is 2.44. The van der Waals surface area contributed by atoms with Crippen LogP contribution in [-0.4, -0.2) is 47.8 Å². The van der Waals surface area contributed by atoms with Crippen molar-refractivity contribution in [1.82, 2.24) is 10.6 Å². The van der Waals surface area contributed by atoms with Gasteiger partial charge in [0.05, 0.1) is 17.6 Å². The number of nitro groups is 1. The SMILES string of the molecule is COC(=O)[C@@H](NC(=O)c1cccc([N+](=O)[O-])c1)[C@@H](C)OC(=O)C1=C(C)NC2=C(C(=O)CC(C)(C)C2)[C@H]1c1ccc(Br)cc1. The highest BCUT2D eigenvalue weighted by atomic mass is 79.9. The number of ketones is 1. The molecule has 1 aliphatic heterocycles. The van der Waals surface area contributed by atoms with Gasteiger partial charge in [-0.3, -0.25) is 19.7 Å². The number of benzene rings is 2. The first-order chi connectivity index (χ1) is 20.2. The predicted octanol–water partition coefficient (Wildman–Crippen LogP) is 4.86. The zero-order valence-electron chi connectivity index (χ0n) is 24.4. The number of nitrogens with one attached hydrogen (secondary N) is 2. The standard InChI is InChI=1S/C31H32BrN3O8/c1-16-24(25(18-9-11-20(32)12-10-18)26-22(33-16)14-31(3,4)15-23(26)36)29(38)43-17(2)27(30(39)42-5)34-28(37)19-7-6-8-21(13-19)35(40)41/h6-13,17,25,27,33H,14-15H2,1-5H3,(H,34,37)/t17-,25+,27+/m1/s1. The van der Waals surface area contributed by atoms with Crippen molar-refractivity contribution in [1.29, 1.82) is 0 Å². The van der Waals surface area contributed by atoms with Crippen LogP contribution in [0.2, 0.25) is 0 Å². The fourth-order valence-corrected chi connectivity index (χ4v) is 5.74. The minimum atomic E-state index is -1.43. The summed E-state index contributed by atoms with van der Waals surface area (Å²) in [5, 5.41) is 16.9. The zero-order chi connectivity index (χ0) is 31.6. The Labute approximate surface area is 257 Å². The third-order valence-corrected chi connectivity index (χ3v) is 8.01. The number of carbonyl (C=O) groups is 4. The van der Waals surface area contributed by atoms with E-state index in [9.17, 15) is 29.3 Å². The average Bonchev–Trinajstić information content (AvgIpc) is 2.94. The zero-order valence-corrected chi connectivity index (χ0v) is 25.9. The van der Waals surface area contributed by atoms with Crippen molar-refractivity contribution in [3.8, 4) is 0 Å². The molecule has 0 saturated carbocycles. The van der Waals surface area contributed by atoms with Crippen LogP contribution < -0.4 is 10.6 Å². The summed E-state index contributed by atoms with van der Waals surface area (Å²) in [5.41, 5.74) is 2.05. The number of methoxy groups -OCH3 is 1. The van der Waals surface area contributed by atoms with E-state index in [1.807, 2.05) is 38.1 Å². The van der Waals surface area contributed by atoms with Gasteiger partial charge in [-0.25, -0.2) is 9.59 Å². The van der Waals surface area contributed by atoms with Crippen molar-refractivity contribution < 1.29 is 33.6 Å². The van der Waals surface area contributed by atoms with Crippen LogP contribution in [0.25, 0.3) is 0 Å². The van der Waals surface area contributed by atoms with E-state index in [1.54, 1.807) is 6.92 Å². The molecule has 2 aliphatic rings. The number of amides is 1. The van der Waals surface area contributed by atoms with Crippen molar-refractivity contribution in [2.24, 2.45) is 5.41 Å². The van der Waals surface area contributed by atoms with Crippen LogP contribution in [0.15, 0.2) is 75.5 Å². The fourth-order valence-electron chi connectivity index (χ4n) is 5.48. The average molecular weight is 655 g/mol.